The second kappa shape index (κ2) is 9.99. The van der Waals surface area contributed by atoms with Crippen LogP contribution in [0.15, 0.2) is 0 Å². The minimum atomic E-state index is -0.593. The van der Waals surface area contributed by atoms with Crippen molar-refractivity contribution in [1.82, 2.24) is 0 Å². The summed E-state index contributed by atoms with van der Waals surface area (Å²) in [7, 11) is 1.31. The molecular weight excluding hydrogens is 524 g/mol. The molecule has 0 aromatic carbocycles. The zero-order valence-electron chi connectivity index (χ0n) is 24.2. The number of hydrogen-bond donors (Lipinski definition) is 0. The smallest absolute Gasteiger partial charge is 0.312 e. The molecule has 2 saturated carbocycles. The third-order valence-corrected chi connectivity index (χ3v) is 10.2. The van der Waals surface area contributed by atoms with Crippen molar-refractivity contribution < 1.29 is 52.4 Å². The van der Waals surface area contributed by atoms with Crippen LogP contribution in [-0.4, -0.2) is 73.6 Å². The highest BCUT2D eigenvalue weighted by atomic mass is 16.7. The number of esters is 5. The van der Waals surface area contributed by atoms with Gasteiger partial charge in [0.25, 0.3) is 0 Å². The van der Waals surface area contributed by atoms with Crippen LogP contribution < -0.4 is 0 Å². The summed E-state index contributed by atoms with van der Waals surface area (Å²) in [6.45, 7) is 11.2. The Kier molecular flexibility index (Phi) is 7.20. The van der Waals surface area contributed by atoms with Crippen LogP contribution in [0.1, 0.15) is 67.2 Å². The first kappa shape index (κ1) is 28.8. The molecule has 4 bridgehead atoms. The number of rotatable bonds is 7. The molecule has 0 aromatic rings. The zero-order valence-corrected chi connectivity index (χ0v) is 24.2. The van der Waals surface area contributed by atoms with Gasteiger partial charge < -0.3 is 28.4 Å². The molecule has 0 aromatic heterocycles. The zero-order chi connectivity index (χ0) is 29.3. The van der Waals surface area contributed by atoms with E-state index in [1.165, 1.54) is 7.11 Å². The molecule has 4 heterocycles. The van der Waals surface area contributed by atoms with Crippen molar-refractivity contribution in [2.75, 3.05) is 7.11 Å². The van der Waals surface area contributed by atoms with E-state index >= 15 is 0 Å². The highest BCUT2D eigenvalue weighted by Crippen LogP contribution is 2.59. The van der Waals surface area contributed by atoms with Crippen molar-refractivity contribution in [3.63, 3.8) is 0 Å². The van der Waals surface area contributed by atoms with Crippen molar-refractivity contribution in [3.05, 3.63) is 0 Å². The van der Waals surface area contributed by atoms with Crippen LogP contribution in [0.25, 0.3) is 0 Å². The van der Waals surface area contributed by atoms with Crippen LogP contribution in [0.3, 0.4) is 0 Å². The molecule has 11 nitrogen and oxygen atoms in total. The highest BCUT2D eigenvalue weighted by Gasteiger charge is 2.70. The summed E-state index contributed by atoms with van der Waals surface area (Å²) in [5.74, 6) is -2.89. The monoisotopic (exact) mass is 564 g/mol. The molecule has 40 heavy (non-hydrogen) atoms. The summed E-state index contributed by atoms with van der Waals surface area (Å²) in [5.41, 5.74) is -1.10. The summed E-state index contributed by atoms with van der Waals surface area (Å²) in [4.78, 5) is 60.0. The molecule has 2 aliphatic carbocycles. The second-order valence-corrected chi connectivity index (χ2v) is 13.1. The van der Waals surface area contributed by atoms with E-state index in [0.717, 1.165) is 0 Å². The minimum Gasteiger partial charge on any atom is -0.469 e. The maximum Gasteiger partial charge on any atom is 0.312 e. The predicted octanol–water partition coefficient (Wildman–Crippen LogP) is 2.36. The lowest BCUT2D eigenvalue weighted by molar-refractivity contribution is -0.173. The Balaban J connectivity index is 0.000000164. The standard InChI is InChI=1S/C16H22O6.C13H18O5/c1-5-16(2,3)15(19)22-12-7-6-8-10(9(7)13(17)20-4)14(18)21-11(8)12;1-4-13(2,3)12(15)18-9-7-5-6-8(16-7)10(9)17-11(6)14/h7-12H,5-6H2,1-4H3;6-10H,4-5H2,1-3H3. The average Bonchev–Trinajstić information content (AvgIpc) is 3.73. The van der Waals surface area contributed by atoms with Crippen LogP contribution in [0, 0.1) is 40.4 Å². The molecule has 4 saturated heterocycles. The van der Waals surface area contributed by atoms with Gasteiger partial charge in [-0.1, -0.05) is 13.8 Å². The maximum absolute atomic E-state index is 12.4. The van der Waals surface area contributed by atoms with Gasteiger partial charge in [-0.05, 0) is 53.4 Å². The molecule has 6 aliphatic rings. The van der Waals surface area contributed by atoms with Crippen molar-refractivity contribution in [2.45, 2.75) is 104 Å². The fourth-order valence-corrected chi connectivity index (χ4v) is 6.84. The lowest BCUT2D eigenvalue weighted by Gasteiger charge is -2.32. The topological polar surface area (TPSA) is 141 Å². The van der Waals surface area contributed by atoms with Gasteiger partial charge in [-0.2, -0.15) is 0 Å². The van der Waals surface area contributed by atoms with Gasteiger partial charge in [0.05, 0.1) is 41.8 Å². The summed E-state index contributed by atoms with van der Waals surface area (Å²) >= 11 is 0. The number of hydrogen-bond acceptors (Lipinski definition) is 11. The number of carbonyl (C=O) groups is 5. The molecule has 0 N–H and O–H groups in total. The van der Waals surface area contributed by atoms with Gasteiger partial charge in [0.1, 0.15) is 18.3 Å². The van der Waals surface area contributed by atoms with Gasteiger partial charge in [-0.25, -0.2) is 0 Å². The quantitative estimate of drug-likeness (QED) is 0.332. The first-order chi connectivity index (χ1) is 18.7. The predicted molar refractivity (Wildman–Crippen MR) is 135 cm³/mol. The molecule has 11 heteroatoms. The Morgan fingerprint density at radius 1 is 0.800 bits per heavy atom. The third kappa shape index (κ3) is 4.39. The largest absolute Gasteiger partial charge is 0.469 e. The lowest BCUT2D eigenvalue weighted by atomic mass is 9.78. The van der Waals surface area contributed by atoms with E-state index in [-0.39, 0.29) is 53.8 Å². The van der Waals surface area contributed by atoms with Crippen molar-refractivity contribution in [1.29, 1.82) is 0 Å². The van der Waals surface area contributed by atoms with Crippen molar-refractivity contribution in [2.24, 2.45) is 40.4 Å². The Hall–Kier alpha value is -2.69. The Bertz CT molecular complexity index is 1100. The number of ether oxygens (including phenoxy) is 6. The normalized spacial score (nSPS) is 39.8. The van der Waals surface area contributed by atoms with E-state index in [9.17, 15) is 24.0 Å². The van der Waals surface area contributed by atoms with Gasteiger partial charge in [-0.15, -0.1) is 0 Å². The van der Waals surface area contributed by atoms with Crippen LogP contribution in [0.4, 0.5) is 0 Å². The molecule has 222 valence electrons. The molecule has 4 aliphatic heterocycles. The molecular formula is C29H40O11. The van der Waals surface area contributed by atoms with Gasteiger partial charge in [0, 0.05) is 11.8 Å². The average molecular weight is 565 g/mol. The lowest BCUT2D eigenvalue weighted by Crippen LogP contribution is -2.45. The van der Waals surface area contributed by atoms with Crippen LogP contribution >= 0.6 is 0 Å². The first-order valence-electron chi connectivity index (χ1n) is 14.3. The fourth-order valence-electron chi connectivity index (χ4n) is 6.84. The second-order valence-electron chi connectivity index (χ2n) is 13.1. The molecule has 0 spiro atoms. The van der Waals surface area contributed by atoms with Crippen molar-refractivity contribution in [3.8, 4) is 0 Å². The summed E-state index contributed by atoms with van der Waals surface area (Å²) in [5, 5.41) is 0. The number of fused-ring (bicyclic) bond motifs is 2. The van der Waals surface area contributed by atoms with Gasteiger partial charge in [0.15, 0.2) is 12.2 Å². The molecule has 6 rings (SSSR count). The van der Waals surface area contributed by atoms with E-state index in [2.05, 4.69) is 0 Å². The SMILES string of the molecule is CCC(C)(C)C(=O)OC1C2CC3C(=O)OC1C3O2.CCC(C)(C)C(=O)OC1C2CC3C1OC(=O)C3C2C(=O)OC. The molecule has 0 radical (unpaired) electrons. The first-order valence-corrected chi connectivity index (χ1v) is 14.3. The number of carbonyl (C=O) groups excluding carboxylic acids is 5. The summed E-state index contributed by atoms with van der Waals surface area (Å²) in [6.07, 6.45) is 0.526. The van der Waals surface area contributed by atoms with E-state index in [1.54, 1.807) is 0 Å². The summed E-state index contributed by atoms with van der Waals surface area (Å²) < 4.78 is 32.4. The molecule has 11 unspecified atom stereocenters. The van der Waals surface area contributed by atoms with Crippen LogP contribution in [0.2, 0.25) is 0 Å². The van der Waals surface area contributed by atoms with E-state index in [4.69, 9.17) is 28.4 Å². The van der Waals surface area contributed by atoms with Crippen molar-refractivity contribution >= 4 is 29.8 Å². The van der Waals surface area contributed by atoms with Gasteiger partial charge >= 0.3 is 29.8 Å². The van der Waals surface area contributed by atoms with Crippen LogP contribution in [-0.2, 0) is 52.4 Å². The van der Waals surface area contributed by atoms with E-state index in [0.29, 0.717) is 25.7 Å². The Labute approximate surface area is 233 Å². The third-order valence-electron chi connectivity index (χ3n) is 10.2. The molecule has 0 amide bonds. The summed E-state index contributed by atoms with van der Waals surface area (Å²) in [6, 6.07) is 0. The van der Waals surface area contributed by atoms with E-state index in [1.807, 2.05) is 41.5 Å². The van der Waals surface area contributed by atoms with Crippen LogP contribution in [0.5, 0.6) is 0 Å². The number of methoxy groups -OCH3 is 1. The Morgan fingerprint density at radius 2 is 1.38 bits per heavy atom. The fraction of sp³-hybridized carbons (Fsp3) is 0.828. The Morgan fingerprint density at radius 3 is 1.95 bits per heavy atom. The van der Waals surface area contributed by atoms with Gasteiger partial charge in [0.2, 0.25) is 0 Å². The maximum atomic E-state index is 12.4. The molecule has 11 atom stereocenters. The molecule has 6 fully saturated rings. The van der Waals surface area contributed by atoms with Gasteiger partial charge in [-0.3, -0.25) is 24.0 Å². The van der Waals surface area contributed by atoms with E-state index < -0.39 is 53.1 Å². The highest BCUT2D eigenvalue weighted by molar-refractivity contribution is 5.86. The minimum absolute atomic E-state index is 0.0378.